The zero-order valence-corrected chi connectivity index (χ0v) is 12.8. The van der Waals surface area contributed by atoms with Gasteiger partial charge < -0.3 is 5.32 Å². The Labute approximate surface area is 124 Å². The molecule has 4 heteroatoms. The Bertz CT molecular complexity index is 694. The molecule has 1 atom stereocenters. The summed E-state index contributed by atoms with van der Waals surface area (Å²) in [6.07, 6.45) is 1.84. The minimum atomic E-state index is 0.261. The van der Waals surface area contributed by atoms with Crippen LogP contribution in [0.1, 0.15) is 17.8 Å². The van der Waals surface area contributed by atoms with Crippen LogP contribution < -0.4 is 5.32 Å². The number of hydrogen-bond acceptors (Lipinski definition) is 3. The Balaban J connectivity index is 1.99. The van der Waals surface area contributed by atoms with Crippen LogP contribution in [0.3, 0.4) is 0 Å². The Kier molecular flexibility index (Phi) is 3.53. The summed E-state index contributed by atoms with van der Waals surface area (Å²) < 4.78 is 1.10. The summed E-state index contributed by atoms with van der Waals surface area (Å²) in [5.74, 6) is 0.930. The number of pyridine rings is 1. The molecule has 19 heavy (non-hydrogen) atoms. The Morgan fingerprint density at radius 1 is 1.16 bits per heavy atom. The van der Waals surface area contributed by atoms with Crippen LogP contribution in [0.5, 0.6) is 0 Å². The van der Waals surface area contributed by atoms with Crippen molar-refractivity contribution in [3.05, 3.63) is 57.3 Å². The molecule has 0 saturated heterocycles. The molecular weight excluding hydrogens is 320 g/mol. The van der Waals surface area contributed by atoms with Crippen molar-refractivity contribution < 1.29 is 0 Å². The van der Waals surface area contributed by atoms with Gasteiger partial charge in [0.15, 0.2) is 0 Å². The second-order valence-corrected chi connectivity index (χ2v) is 6.21. The third-order valence-corrected chi connectivity index (χ3v) is 4.82. The van der Waals surface area contributed by atoms with Crippen molar-refractivity contribution in [2.24, 2.45) is 0 Å². The van der Waals surface area contributed by atoms with Gasteiger partial charge >= 0.3 is 0 Å². The fourth-order valence-corrected chi connectivity index (χ4v) is 3.33. The van der Waals surface area contributed by atoms with Crippen molar-refractivity contribution in [3.8, 4) is 0 Å². The summed E-state index contributed by atoms with van der Waals surface area (Å²) in [5, 5.41) is 7.91. The summed E-state index contributed by atoms with van der Waals surface area (Å²) >= 11 is 5.34. The van der Waals surface area contributed by atoms with Crippen molar-refractivity contribution in [2.75, 3.05) is 5.32 Å². The quantitative estimate of drug-likeness (QED) is 0.710. The Morgan fingerprint density at radius 2 is 2.05 bits per heavy atom. The second-order valence-electron chi connectivity index (χ2n) is 4.38. The van der Waals surface area contributed by atoms with Crippen LogP contribution in [0.4, 0.5) is 5.82 Å². The molecule has 0 aliphatic rings. The number of halogens is 1. The molecule has 3 aromatic rings. The standard InChI is InChI=1S/C15H13BrN2S/c1-10(14-6-3-9-19-14)18-15-12-4-2-5-13(16)11(12)7-8-17-15/h2-10H,1H3,(H,17,18). The van der Waals surface area contributed by atoms with Crippen molar-refractivity contribution >= 4 is 43.9 Å². The highest BCUT2D eigenvalue weighted by Crippen LogP contribution is 2.30. The largest absolute Gasteiger partial charge is 0.362 e. The lowest BCUT2D eigenvalue weighted by Gasteiger charge is -2.15. The minimum Gasteiger partial charge on any atom is -0.362 e. The van der Waals surface area contributed by atoms with Gasteiger partial charge in [-0.05, 0) is 30.5 Å². The van der Waals surface area contributed by atoms with E-state index in [1.54, 1.807) is 11.3 Å². The topological polar surface area (TPSA) is 24.9 Å². The Hall–Kier alpha value is -1.39. The van der Waals surface area contributed by atoms with Gasteiger partial charge in [-0.3, -0.25) is 0 Å². The highest BCUT2D eigenvalue weighted by atomic mass is 79.9. The molecular formula is C15H13BrN2S. The first-order valence-electron chi connectivity index (χ1n) is 6.09. The molecule has 2 aromatic heterocycles. The third-order valence-electron chi connectivity index (χ3n) is 3.08. The Morgan fingerprint density at radius 3 is 2.84 bits per heavy atom. The van der Waals surface area contributed by atoms with Crippen LogP contribution >= 0.6 is 27.3 Å². The van der Waals surface area contributed by atoms with Crippen molar-refractivity contribution in [1.29, 1.82) is 0 Å². The number of aromatic nitrogens is 1. The van der Waals surface area contributed by atoms with Crippen LogP contribution in [-0.2, 0) is 0 Å². The molecule has 2 heterocycles. The average Bonchev–Trinajstić information content (AvgIpc) is 2.94. The maximum absolute atomic E-state index is 4.47. The molecule has 0 aliphatic heterocycles. The summed E-state index contributed by atoms with van der Waals surface area (Å²) in [6, 6.07) is 12.7. The number of anilines is 1. The number of fused-ring (bicyclic) bond motifs is 1. The van der Waals surface area contributed by atoms with Crippen LogP contribution in [0.2, 0.25) is 0 Å². The summed E-state index contributed by atoms with van der Waals surface area (Å²) in [5.41, 5.74) is 0. The van der Waals surface area contributed by atoms with Gasteiger partial charge in [0.25, 0.3) is 0 Å². The van der Waals surface area contributed by atoms with Gasteiger partial charge in [-0.15, -0.1) is 11.3 Å². The van der Waals surface area contributed by atoms with Crippen molar-refractivity contribution in [3.63, 3.8) is 0 Å². The zero-order valence-electron chi connectivity index (χ0n) is 10.4. The predicted octanol–water partition coefficient (Wildman–Crippen LogP) is 5.23. The van der Waals surface area contributed by atoms with E-state index < -0.39 is 0 Å². The van der Waals surface area contributed by atoms with E-state index in [-0.39, 0.29) is 6.04 Å². The fourth-order valence-electron chi connectivity index (χ4n) is 2.10. The lowest BCUT2D eigenvalue weighted by molar-refractivity contribution is 0.900. The fraction of sp³-hybridized carbons (Fsp3) is 0.133. The van der Waals surface area contributed by atoms with E-state index in [4.69, 9.17) is 0 Å². The smallest absolute Gasteiger partial charge is 0.134 e. The van der Waals surface area contributed by atoms with Gasteiger partial charge in [-0.2, -0.15) is 0 Å². The van der Waals surface area contributed by atoms with E-state index in [0.717, 1.165) is 15.7 Å². The molecule has 1 aromatic carbocycles. The third kappa shape index (κ3) is 2.51. The number of nitrogens with zero attached hydrogens (tertiary/aromatic N) is 1. The van der Waals surface area contributed by atoms with E-state index in [0.29, 0.717) is 0 Å². The molecule has 0 spiro atoms. The molecule has 96 valence electrons. The number of rotatable bonds is 3. The minimum absolute atomic E-state index is 0.261. The first kappa shape index (κ1) is 12.6. The molecule has 0 aliphatic carbocycles. The van der Waals surface area contributed by atoms with Gasteiger partial charge in [0.05, 0.1) is 6.04 Å². The van der Waals surface area contributed by atoms with E-state index >= 15 is 0 Å². The number of nitrogens with one attached hydrogen (secondary N) is 1. The molecule has 3 rings (SSSR count). The molecule has 0 radical (unpaired) electrons. The molecule has 1 unspecified atom stereocenters. The summed E-state index contributed by atoms with van der Waals surface area (Å²) in [4.78, 5) is 5.78. The highest BCUT2D eigenvalue weighted by molar-refractivity contribution is 9.10. The van der Waals surface area contributed by atoms with Crippen LogP contribution in [-0.4, -0.2) is 4.98 Å². The molecule has 0 saturated carbocycles. The molecule has 0 fully saturated rings. The second kappa shape index (κ2) is 5.31. The first-order chi connectivity index (χ1) is 9.25. The van der Waals surface area contributed by atoms with Crippen LogP contribution in [0.15, 0.2) is 52.4 Å². The van der Waals surface area contributed by atoms with Gasteiger partial charge in [0.1, 0.15) is 5.82 Å². The molecule has 1 N–H and O–H groups in total. The molecule has 2 nitrogen and oxygen atoms in total. The normalized spacial score (nSPS) is 12.5. The van der Waals surface area contributed by atoms with Gasteiger partial charge in [-0.1, -0.05) is 34.1 Å². The highest BCUT2D eigenvalue weighted by Gasteiger charge is 2.10. The average molecular weight is 333 g/mol. The van der Waals surface area contributed by atoms with Gasteiger partial charge in [0, 0.05) is 26.3 Å². The van der Waals surface area contributed by atoms with Crippen LogP contribution in [0, 0.1) is 0 Å². The number of benzene rings is 1. The predicted molar refractivity (Wildman–Crippen MR) is 85.8 cm³/mol. The monoisotopic (exact) mass is 332 g/mol. The maximum atomic E-state index is 4.47. The van der Waals surface area contributed by atoms with Crippen molar-refractivity contribution in [2.45, 2.75) is 13.0 Å². The van der Waals surface area contributed by atoms with E-state index in [2.05, 4.69) is 62.8 Å². The van der Waals surface area contributed by atoms with E-state index in [1.807, 2.05) is 18.3 Å². The summed E-state index contributed by atoms with van der Waals surface area (Å²) in [7, 11) is 0. The van der Waals surface area contributed by atoms with Crippen LogP contribution in [0.25, 0.3) is 10.8 Å². The van der Waals surface area contributed by atoms with Gasteiger partial charge in [0.2, 0.25) is 0 Å². The lowest BCUT2D eigenvalue weighted by Crippen LogP contribution is -2.06. The van der Waals surface area contributed by atoms with E-state index in [1.165, 1.54) is 10.3 Å². The maximum Gasteiger partial charge on any atom is 0.134 e. The molecule has 0 bridgehead atoms. The summed E-state index contributed by atoms with van der Waals surface area (Å²) in [6.45, 7) is 2.16. The SMILES string of the molecule is CC(Nc1nccc2c(Br)cccc12)c1cccs1. The van der Waals surface area contributed by atoms with E-state index in [9.17, 15) is 0 Å². The lowest BCUT2D eigenvalue weighted by atomic mass is 10.1. The van der Waals surface area contributed by atoms with Crippen molar-refractivity contribution in [1.82, 2.24) is 4.98 Å². The zero-order chi connectivity index (χ0) is 13.2. The number of hydrogen-bond donors (Lipinski definition) is 1. The molecule has 0 amide bonds. The van der Waals surface area contributed by atoms with Gasteiger partial charge in [-0.25, -0.2) is 4.98 Å². The number of thiophene rings is 1. The first-order valence-corrected chi connectivity index (χ1v) is 7.76.